The Hall–Kier alpha value is -1.93. The predicted molar refractivity (Wildman–Crippen MR) is 116 cm³/mol. The third-order valence-electron chi connectivity index (χ3n) is 4.60. The van der Waals surface area contributed by atoms with E-state index in [1.807, 2.05) is 24.3 Å². The van der Waals surface area contributed by atoms with Gasteiger partial charge in [0.2, 0.25) is 0 Å². The van der Waals surface area contributed by atoms with Gasteiger partial charge in [-0.2, -0.15) is 0 Å². The molecule has 0 bridgehead atoms. The van der Waals surface area contributed by atoms with Crippen molar-refractivity contribution in [2.75, 3.05) is 51.8 Å². The average Bonchev–Trinajstić information content (AvgIpc) is 2.72. The molecular weight excluding hydrogens is 396 g/mol. The fourth-order valence-electron chi connectivity index (χ4n) is 3.02. The molecule has 1 aliphatic heterocycles. The van der Waals surface area contributed by atoms with Crippen LogP contribution in [0.5, 0.6) is 5.75 Å². The number of anilines is 1. The van der Waals surface area contributed by atoms with Crippen LogP contribution in [0.3, 0.4) is 0 Å². The van der Waals surface area contributed by atoms with E-state index in [0.29, 0.717) is 22.4 Å². The van der Waals surface area contributed by atoms with Crippen LogP contribution in [0.1, 0.15) is 5.56 Å². The highest BCUT2D eigenvalue weighted by Gasteiger charge is 2.16. The van der Waals surface area contributed by atoms with Crippen molar-refractivity contribution in [2.45, 2.75) is 6.54 Å². The van der Waals surface area contributed by atoms with Crippen molar-refractivity contribution in [2.24, 2.45) is 0 Å². The summed E-state index contributed by atoms with van der Waals surface area (Å²) in [5, 5.41) is 4.55. The van der Waals surface area contributed by atoms with Crippen LogP contribution in [0.2, 0.25) is 5.02 Å². The van der Waals surface area contributed by atoms with Crippen molar-refractivity contribution in [3.8, 4) is 5.75 Å². The Morgan fingerprint density at radius 1 is 1.29 bits per heavy atom. The standard InChI is InChI=1S/C20H25ClN4O2S/c1-26-19-3-2-17(21)14-18(19)23-20(28)25(15-16-4-6-22-7-5-16)9-8-24-10-12-27-13-11-24/h2-7,14H,8-13,15H2,1H3,(H,23,28). The maximum atomic E-state index is 6.15. The van der Waals surface area contributed by atoms with Crippen LogP contribution in [-0.2, 0) is 11.3 Å². The van der Waals surface area contributed by atoms with Gasteiger partial charge in [-0.15, -0.1) is 0 Å². The Balaban J connectivity index is 1.71. The lowest BCUT2D eigenvalue weighted by Gasteiger charge is -2.31. The summed E-state index contributed by atoms with van der Waals surface area (Å²) < 4.78 is 10.9. The molecule has 150 valence electrons. The summed E-state index contributed by atoms with van der Waals surface area (Å²) in [6.45, 7) is 5.89. The average molecular weight is 421 g/mol. The number of halogens is 1. The van der Waals surface area contributed by atoms with E-state index < -0.39 is 0 Å². The summed E-state index contributed by atoms with van der Waals surface area (Å²) in [6, 6.07) is 9.45. The molecule has 0 aliphatic carbocycles. The maximum absolute atomic E-state index is 6.15. The molecule has 0 unspecified atom stereocenters. The number of methoxy groups -OCH3 is 1. The first-order valence-corrected chi connectivity index (χ1v) is 10.0. The lowest BCUT2D eigenvalue weighted by Crippen LogP contribution is -2.44. The summed E-state index contributed by atoms with van der Waals surface area (Å²) in [4.78, 5) is 8.64. The van der Waals surface area contributed by atoms with E-state index in [1.165, 1.54) is 0 Å². The molecule has 2 heterocycles. The lowest BCUT2D eigenvalue weighted by atomic mass is 10.2. The number of hydrogen-bond acceptors (Lipinski definition) is 5. The molecule has 0 radical (unpaired) electrons. The summed E-state index contributed by atoms with van der Waals surface area (Å²) in [5.74, 6) is 0.698. The molecule has 3 rings (SSSR count). The van der Waals surface area contributed by atoms with Gasteiger partial charge >= 0.3 is 0 Å². The Labute approximate surface area is 176 Å². The van der Waals surface area contributed by atoms with Gasteiger partial charge < -0.3 is 19.7 Å². The zero-order valence-electron chi connectivity index (χ0n) is 15.9. The van der Waals surface area contributed by atoms with Crippen LogP contribution in [0, 0.1) is 0 Å². The topological polar surface area (TPSA) is 49.9 Å². The van der Waals surface area contributed by atoms with E-state index in [0.717, 1.165) is 50.6 Å². The first kappa shape index (κ1) is 20.8. The molecule has 2 aromatic rings. The van der Waals surface area contributed by atoms with Crippen LogP contribution in [0.25, 0.3) is 0 Å². The number of aromatic nitrogens is 1. The highest BCUT2D eigenvalue weighted by molar-refractivity contribution is 7.80. The van der Waals surface area contributed by atoms with Crippen LogP contribution in [-0.4, -0.2) is 66.4 Å². The van der Waals surface area contributed by atoms with Gasteiger partial charge in [-0.3, -0.25) is 9.88 Å². The van der Waals surface area contributed by atoms with Gasteiger partial charge in [-0.05, 0) is 48.1 Å². The second kappa shape index (κ2) is 10.6. The van der Waals surface area contributed by atoms with Gasteiger partial charge in [0.1, 0.15) is 5.75 Å². The molecule has 1 aliphatic rings. The van der Waals surface area contributed by atoms with Crippen molar-refractivity contribution in [3.05, 3.63) is 53.3 Å². The number of rotatable bonds is 7. The molecule has 0 spiro atoms. The summed E-state index contributed by atoms with van der Waals surface area (Å²) >= 11 is 11.9. The molecule has 0 saturated carbocycles. The second-order valence-electron chi connectivity index (χ2n) is 6.51. The highest BCUT2D eigenvalue weighted by atomic mass is 35.5. The van der Waals surface area contributed by atoms with Crippen molar-refractivity contribution in [3.63, 3.8) is 0 Å². The molecule has 0 atom stereocenters. The smallest absolute Gasteiger partial charge is 0.173 e. The summed E-state index contributed by atoms with van der Waals surface area (Å²) in [6.07, 6.45) is 3.60. The first-order chi connectivity index (χ1) is 13.7. The maximum Gasteiger partial charge on any atom is 0.173 e. The Bertz CT molecular complexity index is 772. The minimum absolute atomic E-state index is 0.625. The van der Waals surface area contributed by atoms with Gasteiger partial charge in [0.15, 0.2) is 5.11 Å². The van der Waals surface area contributed by atoms with Crippen LogP contribution in [0.4, 0.5) is 5.69 Å². The van der Waals surface area contributed by atoms with E-state index in [9.17, 15) is 0 Å². The number of nitrogens with zero attached hydrogens (tertiary/aromatic N) is 3. The normalized spacial score (nSPS) is 14.5. The molecule has 1 N–H and O–H groups in total. The zero-order chi connectivity index (χ0) is 19.8. The van der Waals surface area contributed by atoms with Crippen molar-refractivity contribution >= 4 is 34.6 Å². The Morgan fingerprint density at radius 3 is 2.75 bits per heavy atom. The monoisotopic (exact) mass is 420 g/mol. The largest absolute Gasteiger partial charge is 0.495 e. The number of benzene rings is 1. The quantitative estimate of drug-likeness (QED) is 0.690. The van der Waals surface area contributed by atoms with E-state index in [4.69, 9.17) is 33.3 Å². The minimum Gasteiger partial charge on any atom is -0.495 e. The third kappa shape index (κ3) is 6.04. The van der Waals surface area contributed by atoms with E-state index in [-0.39, 0.29) is 0 Å². The van der Waals surface area contributed by atoms with Crippen LogP contribution < -0.4 is 10.1 Å². The third-order valence-corrected chi connectivity index (χ3v) is 5.20. The van der Waals surface area contributed by atoms with E-state index in [2.05, 4.69) is 20.1 Å². The first-order valence-electron chi connectivity index (χ1n) is 9.24. The number of ether oxygens (including phenoxy) is 2. The lowest BCUT2D eigenvalue weighted by molar-refractivity contribution is 0.0358. The van der Waals surface area contributed by atoms with Crippen LogP contribution >= 0.6 is 23.8 Å². The van der Waals surface area contributed by atoms with Gasteiger partial charge in [0.05, 0.1) is 26.0 Å². The van der Waals surface area contributed by atoms with E-state index in [1.54, 1.807) is 25.6 Å². The molecule has 1 aromatic heterocycles. The molecule has 6 nitrogen and oxygen atoms in total. The SMILES string of the molecule is COc1ccc(Cl)cc1NC(=S)N(CCN1CCOCC1)Cc1ccncc1. The molecule has 1 fully saturated rings. The minimum atomic E-state index is 0.625. The molecule has 1 aromatic carbocycles. The van der Waals surface area contributed by atoms with Crippen molar-refractivity contribution in [1.82, 2.24) is 14.8 Å². The number of thiocarbonyl (C=S) groups is 1. The molecule has 8 heteroatoms. The van der Waals surface area contributed by atoms with Gasteiger partial charge in [-0.25, -0.2) is 0 Å². The van der Waals surface area contributed by atoms with Gasteiger partial charge in [0, 0.05) is 50.1 Å². The van der Waals surface area contributed by atoms with Crippen LogP contribution in [0.15, 0.2) is 42.7 Å². The fraction of sp³-hybridized carbons (Fsp3) is 0.400. The van der Waals surface area contributed by atoms with Gasteiger partial charge in [-0.1, -0.05) is 11.6 Å². The molecular formula is C20H25ClN4O2S. The molecule has 28 heavy (non-hydrogen) atoms. The number of morpholine rings is 1. The highest BCUT2D eigenvalue weighted by Crippen LogP contribution is 2.28. The number of hydrogen-bond donors (Lipinski definition) is 1. The van der Waals surface area contributed by atoms with Crippen molar-refractivity contribution < 1.29 is 9.47 Å². The Morgan fingerprint density at radius 2 is 2.04 bits per heavy atom. The second-order valence-corrected chi connectivity index (χ2v) is 7.33. The number of nitrogens with one attached hydrogen (secondary N) is 1. The summed E-state index contributed by atoms with van der Waals surface area (Å²) in [7, 11) is 1.63. The Kier molecular flexibility index (Phi) is 7.85. The molecule has 1 saturated heterocycles. The summed E-state index contributed by atoms with van der Waals surface area (Å²) in [5.41, 5.74) is 1.91. The van der Waals surface area contributed by atoms with Gasteiger partial charge in [0.25, 0.3) is 0 Å². The fourth-order valence-corrected chi connectivity index (χ4v) is 3.46. The van der Waals surface area contributed by atoms with Crippen molar-refractivity contribution in [1.29, 1.82) is 0 Å². The zero-order valence-corrected chi connectivity index (χ0v) is 17.5. The van der Waals surface area contributed by atoms with E-state index >= 15 is 0 Å². The molecule has 0 amide bonds. The predicted octanol–water partition coefficient (Wildman–Crippen LogP) is 3.27. The number of pyridine rings is 1.